The molecule has 1 aliphatic rings. The molecular formula is C14H23N3O. The number of aromatic nitrogens is 1. The average molecular weight is 249 g/mol. The summed E-state index contributed by atoms with van der Waals surface area (Å²) >= 11 is 0. The van der Waals surface area contributed by atoms with Crippen LogP contribution in [0.5, 0.6) is 5.75 Å². The molecule has 0 spiro atoms. The largest absolute Gasteiger partial charge is 0.489 e. The standard InChI is InChI=1S/C14H23N3O/c1-10(2)18-14-5-13(6-15-7-14)17-8-11(3)16-12(4)9-17/h5-7,10-12,16H,8-9H2,1-4H3. The van der Waals surface area contributed by atoms with Gasteiger partial charge in [-0.2, -0.15) is 0 Å². The Balaban J connectivity index is 2.12. The average Bonchev–Trinajstić information content (AvgIpc) is 2.27. The van der Waals surface area contributed by atoms with Crippen LogP contribution in [0.15, 0.2) is 18.5 Å². The predicted octanol–water partition coefficient (Wildman–Crippen LogP) is 2.06. The fourth-order valence-corrected chi connectivity index (χ4v) is 2.45. The minimum atomic E-state index is 0.183. The highest BCUT2D eigenvalue weighted by Crippen LogP contribution is 2.22. The van der Waals surface area contributed by atoms with Crippen molar-refractivity contribution in [2.45, 2.75) is 45.9 Å². The van der Waals surface area contributed by atoms with Gasteiger partial charge in [-0.3, -0.25) is 4.98 Å². The Morgan fingerprint density at radius 3 is 2.56 bits per heavy atom. The third-order valence-corrected chi connectivity index (χ3v) is 2.99. The molecule has 2 rings (SSSR count). The zero-order valence-corrected chi connectivity index (χ0v) is 11.7. The molecule has 0 bridgehead atoms. The van der Waals surface area contributed by atoms with Crippen LogP contribution < -0.4 is 15.0 Å². The lowest BCUT2D eigenvalue weighted by Crippen LogP contribution is -2.54. The minimum absolute atomic E-state index is 0.183. The topological polar surface area (TPSA) is 37.4 Å². The maximum absolute atomic E-state index is 5.69. The molecule has 100 valence electrons. The fraction of sp³-hybridized carbons (Fsp3) is 0.643. The molecule has 0 aliphatic carbocycles. The maximum Gasteiger partial charge on any atom is 0.140 e. The first kappa shape index (κ1) is 13.1. The molecule has 0 aromatic carbocycles. The van der Waals surface area contributed by atoms with Gasteiger partial charge in [0.25, 0.3) is 0 Å². The van der Waals surface area contributed by atoms with Gasteiger partial charge in [-0.05, 0) is 27.7 Å². The summed E-state index contributed by atoms with van der Waals surface area (Å²) in [5.74, 6) is 0.848. The van der Waals surface area contributed by atoms with Gasteiger partial charge in [0.1, 0.15) is 5.75 Å². The molecule has 18 heavy (non-hydrogen) atoms. The summed E-state index contributed by atoms with van der Waals surface area (Å²) < 4.78 is 5.69. The highest BCUT2D eigenvalue weighted by Gasteiger charge is 2.21. The highest BCUT2D eigenvalue weighted by molar-refractivity contribution is 5.49. The van der Waals surface area contributed by atoms with Crippen molar-refractivity contribution in [3.05, 3.63) is 18.5 Å². The Labute approximate surface area is 109 Å². The van der Waals surface area contributed by atoms with Gasteiger partial charge in [0.2, 0.25) is 0 Å². The molecule has 1 N–H and O–H groups in total. The SMILES string of the molecule is CC1CN(c2cncc(OC(C)C)c2)CC(C)N1. The lowest BCUT2D eigenvalue weighted by molar-refractivity contribution is 0.241. The number of rotatable bonds is 3. The highest BCUT2D eigenvalue weighted by atomic mass is 16.5. The maximum atomic E-state index is 5.69. The summed E-state index contributed by atoms with van der Waals surface area (Å²) in [6.07, 6.45) is 3.87. The lowest BCUT2D eigenvalue weighted by atomic mass is 10.1. The Hall–Kier alpha value is -1.29. The van der Waals surface area contributed by atoms with Crippen LogP contribution in [-0.2, 0) is 0 Å². The van der Waals surface area contributed by atoms with E-state index >= 15 is 0 Å². The first-order valence-corrected chi connectivity index (χ1v) is 6.67. The van der Waals surface area contributed by atoms with Crippen LogP contribution in [0.25, 0.3) is 0 Å². The van der Waals surface area contributed by atoms with E-state index in [1.54, 1.807) is 6.20 Å². The van der Waals surface area contributed by atoms with Crippen LogP contribution in [0.1, 0.15) is 27.7 Å². The summed E-state index contributed by atoms with van der Waals surface area (Å²) in [5.41, 5.74) is 1.15. The normalized spacial score (nSPS) is 24.4. The third kappa shape index (κ3) is 3.35. The van der Waals surface area contributed by atoms with Crippen molar-refractivity contribution in [1.29, 1.82) is 0 Å². The molecule has 1 aromatic rings. The van der Waals surface area contributed by atoms with Gasteiger partial charge in [-0.15, -0.1) is 0 Å². The molecule has 4 nitrogen and oxygen atoms in total. The summed E-state index contributed by atoms with van der Waals surface area (Å²) in [7, 11) is 0. The summed E-state index contributed by atoms with van der Waals surface area (Å²) in [6.45, 7) is 10.5. The number of nitrogens with one attached hydrogen (secondary N) is 1. The van der Waals surface area contributed by atoms with Crippen LogP contribution in [0.3, 0.4) is 0 Å². The van der Waals surface area contributed by atoms with Crippen molar-refractivity contribution >= 4 is 5.69 Å². The van der Waals surface area contributed by atoms with Crippen LogP contribution in [0.2, 0.25) is 0 Å². The summed E-state index contributed by atoms with van der Waals surface area (Å²) in [5, 5.41) is 3.53. The van der Waals surface area contributed by atoms with Crippen LogP contribution in [0, 0.1) is 0 Å². The zero-order valence-electron chi connectivity index (χ0n) is 11.7. The lowest BCUT2D eigenvalue weighted by Gasteiger charge is -2.37. The molecule has 0 amide bonds. The molecule has 2 atom stereocenters. The van der Waals surface area contributed by atoms with Gasteiger partial charge in [0, 0.05) is 31.2 Å². The minimum Gasteiger partial charge on any atom is -0.489 e. The van der Waals surface area contributed by atoms with Crippen molar-refractivity contribution in [3.63, 3.8) is 0 Å². The van der Waals surface area contributed by atoms with Crippen LogP contribution in [0.4, 0.5) is 5.69 Å². The molecule has 2 heterocycles. The van der Waals surface area contributed by atoms with E-state index in [4.69, 9.17) is 4.74 Å². The van der Waals surface area contributed by atoms with E-state index in [9.17, 15) is 0 Å². The molecule has 1 fully saturated rings. The molecule has 2 unspecified atom stereocenters. The Morgan fingerprint density at radius 1 is 1.28 bits per heavy atom. The number of hydrogen-bond donors (Lipinski definition) is 1. The third-order valence-electron chi connectivity index (χ3n) is 2.99. The molecule has 1 aliphatic heterocycles. The van der Waals surface area contributed by atoms with E-state index in [0.717, 1.165) is 24.5 Å². The monoisotopic (exact) mass is 249 g/mol. The van der Waals surface area contributed by atoms with Gasteiger partial charge in [-0.1, -0.05) is 0 Å². The fourth-order valence-electron chi connectivity index (χ4n) is 2.45. The van der Waals surface area contributed by atoms with Crippen molar-refractivity contribution < 1.29 is 4.74 Å². The molecule has 0 saturated carbocycles. The Morgan fingerprint density at radius 2 is 1.94 bits per heavy atom. The van der Waals surface area contributed by atoms with E-state index in [2.05, 4.69) is 35.1 Å². The van der Waals surface area contributed by atoms with Crippen LogP contribution in [-0.4, -0.2) is 36.3 Å². The Kier molecular flexibility index (Phi) is 4.07. The second-order valence-corrected chi connectivity index (χ2v) is 5.42. The van der Waals surface area contributed by atoms with Crippen LogP contribution >= 0.6 is 0 Å². The second-order valence-electron chi connectivity index (χ2n) is 5.42. The molecule has 1 saturated heterocycles. The molecule has 1 aromatic heterocycles. The van der Waals surface area contributed by atoms with Gasteiger partial charge in [0.15, 0.2) is 0 Å². The Bertz CT molecular complexity index is 384. The van der Waals surface area contributed by atoms with Gasteiger partial charge in [0.05, 0.1) is 24.2 Å². The first-order chi connectivity index (χ1) is 8.54. The molecule has 4 heteroatoms. The molecule has 0 radical (unpaired) electrons. The number of pyridine rings is 1. The van der Waals surface area contributed by atoms with Gasteiger partial charge < -0.3 is 15.0 Å². The predicted molar refractivity (Wildman–Crippen MR) is 74.3 cm³/mol. The smallest absolute Gasteiger partial charge is 0.140 e. The quantitative estimate of drug-likeness (QED) is 0.889. The number of ether oxygens (including phenoxy) is 1. The number of piperazine rings is 1. The molecular weight excluding hydrogens is 226 g/mol. The van der Waals surface area contributed by atoms with E-state index in [1.165, 1.54) is 0 Å². The number of hydrogen-bond acceptors (Lipinski definition) is 4. The van der Waals surface area contributed by atoms with Gasteiger partial charge >= 0.3 is 0 Å². The number of anilines is 1. The van der Waals surface area contributed by atoms with E-state index in [1.807, 2.05) is 20.0 Å². The first-order valence-electron chi connectivity index (χ1n) is 6.67. The summed E-state index contributed by atoms with van der Waals surface area (Å²) in [4.78, 5) is 6.64. The van der Waals surface area contributed by atoms with E-state index in [-0.39, 0.29) is 6.10 Å². The van der Waals surface area contributed by atoms with E-state index < -0.39 is 0 Å². The van der Waals surface area contributed by atoms with Crippen molar-refractivity contribution in [3.8, 4) is 5.75 Å². The summed E-state index contributed by atoms with van der Waals surface area (Å²) in [6, 6.07) is 3.09. The van der Waals surface area contributed by atoms with Gasteiger partial charge in [-0.25, -0.2) is 0 Å². The second kappa shape index (κ2) is 5.57. The van der Waals surface area contributed by atoms with Crippen molar-refractivity contribution in [2.75, 3.05) is 18.0 Å². The zero-order chi connectivity index (χ0) is 13.1. The van der Waals surface area contributed by atoms with Crippen molar-refractivity contribution in [1.82, 2.24) is 10.3 Å². The van der Waals surface area contributed by atoms with E-state index in [0.29, 0.717) is 12.1 Å². The van der Waals surface area contributed by atoms with Crippen molar-refractivity contribution in [2.24, 2.45) is 0 Å². The number of nitrogens with zero attached hydrogens (tertiary/aromatic N) is 2.